The zero-order valence-corrected chi connectivity index (χ0v) is 8.24. The van der Waals surface area contributed by atoms with Crippen LogP contribution in [0.2, 0.25) is 0 Å². The van der Waals surface area contributed by atoms with E-state index < -0.39 is 0 Å². The molecule has 0 bridgehead atoms. The van der Waals surface area contributed by atoms with Gasteiger partial charge in [0.2, 0.25) is 0 Å². The SMILES string of the molecule is COCCO.OCC1CCOCC1. The van der Waals surface area contributed by atoms with Crippen molar-refractivity contribution in [1.82, 2.24) is 0 Å². The lowest BCUT2D eigenvalue weighted by Gasteiger charge is -2.18. The summed E-state index contributed by atoms with van der Waals surface area (Å²) < 4.78 is 9.53. The Balaban J connectivity index is 0.000000252. The van der Waals surface area contributed by atoms with E-state index in [0.717, 1.165) is 26.1 Å². The van der Waals surface area contributed by atoms with Gasteiger partial charge in [0.15, 0.2) is 0 Å². The molecule has 0 aromatic carbocycles. The van der Waals surface area contributed by atoms with E-state index in [1.165, 1.54) is 0 Å². The number of aliphatic hydroxyl groups excluding tert-OH is 2. The van der Waals surface area contributed by atoms with Crippen LogP contribution < -0.4 is 0 Å². The van der Waals surface area contributed by atoms with Crippen molar-refractivity contribution in [2.75, 3.05) is 40.1 Å². The van der Waals surface area contributed by atoms with Crippen molar-refractivity contribution in [2.24, 2.45) is 5.92 Å². The highest BCUT2D eigenvalue weighted by Crippen LogP contribution is 2.12. The van der Waals surface area contributed by atoms with Gasteiger partial charge in [-0.25, -0.2) is 0 Å². The van der Waals surface area contributed by atoms with Gasteiger partial charge in [-0.1, -0.05) is 0 Å². The first-order valence-corrected chi connectivity index (χ1v) is 4.63. The fourth-order valence-electron chi connectivity index (χ4n) is 1.02. The molecule has 1 saturated heterocycles. The van der Waals surface area contributed by atoms with Gasteiger partial charge in [0.25, 0.3) is 0 Å². The number of methoxy groups -OCH3 is 1. The zero-order chi connectivity index (χ0) is 9.94. The summed E-state index contributed by atoms with van der Waals surface area (Å²) in [5, 5.41) is 16.6. The van der Waals surface area contributed by atoms with Crippen LogP contribution >= 0.6 is 0 Å². The number of aliphatic hydroxyl groups is 2. The van der Waals surface area contributed by atoms with Crippen LogP contribution in [0.4, 0.5) is 0 Å². The molecule has 0 aromatic rings. The fraction of sp³-hybridized carbons (Fsp3) is 1.00. The Morgan fingerprint density at radius 3 is 2.15 bits per heavy atom. The summed E-state index contributed by atoms with van der Waals surface area (Å²) in [7, 11) is 1.55. The van der Waals surface area contributed by atoms with Crippen molar-refractivity contribution in [1.29, 1.82) is 0 Å². The van der Waals surface area contributed by atoms with Gasteiger partial charge in [0.1, 0.15) is 0 Å². The molecule has 1 heterocycles. The summed E-state index contributed by atoms with van der Waals surface area (Å²) >= 11 is 0. The molecular weight excluding hydrogens is 172 g/mol. The van der Waals surface area contributed by atoms with Gasteiger partial charge in [-0.3, -0.25) is 0 Å². The maximum atomic E-state index is 8.64. The topological polar surface area (TPSA) is 58.9 Å². The van der Waals surface area contributed by atoms with Gasteiger partial charge < -0.3 is 19.7 Å². The third-order valence-corrected chi connectivity index (χ3v) is 1.89. The van der Waals surface area contributed by atoms with Gasteiger partial charge >= 0.3 is 0 Å². The molecule has 1 fully saturated rings. The first kappa shape index (κ1) is 12.8. The highest BCUT2D eigenvalue weighted by Gasteiger charge is 2.11. The summed E-state index contributed by atoms with van der Waals surface area (Å²) in [6.45, 7) is 2.58. The number of hydrogen-bond donors (Lipinski definition) is 2. The molecule has 0 aromatic heterocycles. The third kappa shape index (κ3) is 8.18. The Bertz CT molecular complexity index is 89.6. The second-order valence-electron chi connectivity index (χ2n) is 2.95. The van der Waals surface area contributed by atoms with E-state index in [2.05, 4.69) is 4.74 Å². The third-order valence-electron chi connectivity index (χ3n) is 1.89. The normalized spacial score (nSPS) is 17.8. The van der Waals surface area contributed by atoms with E-state index in [4.69, 9.17) is 14.9 Å². The number of hydrogen-bond acceptors (Lipinski definition) is 4. The minimum atomic E-state index is 0.122. The molecule has 0 saturated carbocycles. The monoisotopic (exact) mass is 192 g/mol. The van der Waals surface area contributed by atoms with Crippen molar-refractivity contribution < 1.29 is 19.7 Å². The Labute approximate surface area is 79.5 Å². The minimum Gasteiger partial charge on any atom is -0.396 e. The molecule has 80 valence electrons. The predicted octanol–water partition coefficient (Wildman–Crippen LogP) is 0.0304. The van der Waals surface area contributed by atoms with Crippen LogP contribution in [0.1, 0.15) is 12.8 Å². The second-order valence-corrected chi connectivity index (χ2v) is 2.95. The largest absolute Gasteiger partial charge is 0.396 e. The summed E-state index contributed by atoms with van der Waals surface area (Å²) in [5.74, 6) is 0.517. The van der Waals surface area contributed by atoms with E-state index in [1.807, 2.05) is 0 Å². The molecule has 1 rings (SSSR count). The number of ether oxygens (including phenoxy) is 2. The van der Waals surface area contributed by atoms with Crippen LogP contribution in [-0.2, 0) is 9.47 Å². The van der Waals surface area contributed by atoms with Crippen LogP contribution in [0, 0.1) is 5.92 Å². The number of rotatable bonds is 3. The summed E-state index contributed by atoms with van der Waals surface area (Å²) in [4.78, 5) is 0. The van der Waals surface area contributed by atoms with Crippen molar-refractivity contribution >= 4 is 0 Å². The molecule has 2 N–H and O–H groups in total. The Morgan fingerprint density at radius 1 is 1.31 bits per heavy atom. The van der Waals surface area contributed by atoms with Crippen LogP contribution in [0.25, 0.3) is 0 Å². The van der Waals surface area contributed by atoms with E-state index >= 15 is 0 Å². The highest BCUT2D eigenvalue weighted by molar-refractivity contribution is 4.60. The van der Waals surface area contributed by atoms with Gasteiger partial charge in [-0.2, -0.15) is 0 Å². The van der Waals surface area contributed by atoms with Crippen molar-refractivity contribution in [3.05, 3.63) is 0 Å². The first-order chi connectivity index (χ1) is 6.35. The second kappa shape index (κ2) is 9.92. The minimum absolute atomic E-state index is 0.122. The lowest BCUT2D eigenvalue weighted by atomic mass is 10.0. The smallest absolute Gasteiger partial charge is 0.0693 e. The summed E-state index contributed by atoms with van der Waals surface area (Å²) in [6.07, 6.45) is 2.08. The standard InChI is InChI=1S/C6H12O2.C3H8O2/c7-5-6-1-3-8-4-2-6;1-5-3-2-4/h6-7H,1-5H2;4H,2-3H2,1H3. The average molecular weight is 192 g/mol. The van der Waals surface area contributed by atoms with E-state index in [9.17, 15) is 0 Å². The molecule has 1 aliphatic heterocycles. The molecule has 0 unspecified atom stereocenters. The molecule has 1 aliphatic rings. The maximum Gasteiger partial charge on any atom is 0.0693 e. The molecule has 13 heavy (non-hydrogen) atoms. The predicted molar refractivity (Wildman–Crippen MR) is 49.6 cm³/mol. The maximum absolute atomic E-state index is 8.64. The lowest BCUT2D eigenvalue weighted by Crippen LogP contribution is -2.18. The molecule has 0 spiro atoms. The molecule has 0 aliphatic carbocycles. The van der Waals surface area contributed by atoms with Crippen LogP contribution in [-0.4, -0.2) is 50.4 Å². The Kier molecular flexibility index (Phi) is 9.80. The molecule has 4 nitrogen and oxygen atoms in total. The van der Waals surface area contributed by atoms with E-state index in [0.29, 0.717) is 19.1 Å². The molecule has 0 atom stereocenters. The molecule has 4 heteroatoms. The van der Waals surface area contributed by atoms with E-state index in [1.54, 1.807) is 7.11 Å². The molecule has 0 radical (unpaired) electrons. The van der Waals surface area contributed by atoms with Gasteiger partial charge in [0, 0.05) is 26.9 Å². The van der Waals surface area contributed by atoms with Gasteiger partial charge in [0.05, 0.1) is 13.2 Å². The van der Waals surface area contributed by atoms with Gasteiger partial charge in [-0.05, 0) is 18.8 Å². The zero-order valence-electron chi connectivity index (χ0n) is 8.24. The van der Waals surface area contributed by atoms with Crippen molar-refractivity contribution in [2.45, 2.75) is 12.8 Å². The molecule has 0 amide bonds. The highest BCUT2D eigenvalue weighted by atomic mass is 16.5. The van der Waals surface area contributed by atoms with Crippen LogP contribution in [0.15, 0.2) is 0 Å². The summed E-state index contributed by atoms with van der Waals surface area (Å²) in [6, 6.07) is 0. The van der Waals surface area contributed by atoms with Crippen LogP contribution in [0.3, 0.4) is 0 Å². The average Bonchev–Trinajstić information content (AvgIpc) is 2.21. The molecular formula is C9H20O4. The Hall–Kier alpha value is -0.160. The lowest BCUT2D eigenvalue weighted by molar-refractivity contribution is 0.0455. The fourth-order valence-corrected chi connectivity index (χ4v) is 1.02. The summed E-state index contributed by atoms with van der Waals surface area (Å²) in [5.41, 5.74) is 0. The Morgan fingerprint density at radius 2 is 1.92 bits per heavy atom. The van der Waals surface area contributed by atoms with Crippen molar-refractivity contribution in [3.8, 4) is 0 Å². The quantitative estimate of drug-likeness (QED) is 0.662. The van der Waals surface area contributed by atoms with E-state index in [-0.39, 0.29) is 6.61 Å². The van der Waals surface area contributed by atoms with Crippen LogP contribution in [0.5, 0.6) is 0 Å². The van der Waals surface area contributed by atoms with Gasteiger partial charge in [-0.15, -0.1) is 0 Å². The van der Waals surface area contributed by atoms with Crippen molar-refractivity contribution in [3.63, 3.8) is 0 Å². The first-order valence-electron chi connectivity index (χ1n) is 4.63.